The Kier molecular flexibility index (Phi) is 3.45. The second-order valence-corrected chi connectivity index (χ2v) is 9.90. The lowest BCUT2D eigenvalue weighted by Crippen LogP contribution is -2.50. The van der Waals surface area contributed by atoms with E-state index in [1.807, 2.05) is 19.9 Å². The fourth-order valence-corrected chi connectivity index (χ4v) is 6.56. The minimum absolute atomic E-state index is 0.0519. The van der Waals surface area contributed by atoms with Gasteiger partial charge in [-0.3, -0.25) is 4.79 Å². The van der Waals surface area contributed by atoms with E-state index in [1.54, 1.807) is 0 Å². The largest absolute Gasteiger partial charge is 0.466 e. The summed E-state index contributed by atoms with van der Waals surface area (Å²) >= 11 is 0. The van der Waals surface area contributed by atoms with Crippen LogP contribution in [0, 0.1) is 30.1 Å². The number of nitrogens with zero attached hydrogens (tertiary/aromatic N) is 1. The standard InChI is InChI=1S/C23H29NO2/c1-14-4-5-20-18(6-14)19(24-22(2,3)26-20)10-21(25)23-11-15-7-16(12-23)9-17(8-15)13-23/h4-6,15-17H,7-13H2,1-3H3. The Morgan fingerprint density at radius 3 is 2.35 bits per heavy atom. The molecule has 1 heterocycles. The molecule has 0 aromatic heterocycles. The highest BCUT2D eigenvalue weighted by molar-refractivity contribution is 6.14. The quantitative estimate of drug-likeness (QED) is 0.761. The molecule has 4 bridgehead atoms. The van der Waals surface area contributed by atoms with Crippen LogP contribution in [0.1, 0.15) is 69.9 Å². The minimum atomic E-state index is -0.598. The monoisotopic (exact) mass is 351 g/mol. The highest BCUT2D eigenvalue weighted by Gasteiger charge is 2.54. The second-order valence-electron chi connectivity index (χ2n) is 9.90. The Hall–Kier alpha value is -1.64. The summed E-state index contributed by atoms with van der Waals surface area (Å²) in [6.45, 7) is 6.04. The van der Waals surface area contributed by atoms with E-state index < -0.39 is 5.72 Å². The number of rotatable bonds is 3. The number of carbonyl (C=O) groups excluding carboxylic acids is 1. The van der Waals surface area contributed by atoms with Crippen molar-refractivity contribution in [3.05, 3.63) is 29.3 Å². The van der Waals surface area contributed by atoms with E-state index in [9.17, 15) is 4.79 Å². The number of hydrogen-bond donors (Lipinski definition) is 0. The third kappa shape index (κ3) is 2.62. The summed E-state index contributed by atoms with van der Waals surface area (Å²) < 4.78 is 6.04. The fraction of sp³-hybridized carbons (Fsp3) is 0.652. The molecule has 0 saturated heterocycles. The zero-order valence-electron chi connectivity index (χ0n) is 16.2. The molecule has 1 aromatic rings. The van der Waals surface area contributed by atoms with Gasteiger partial charge in [-0.05, 0) is 89.2 Å². The van der Waals surface area contributed by atoms with E-state index in [4.69, 9.17) is 9.73 Å². The van der Waals surface area contributed by atoms with Gasteiger partial charge in [-0.25, -0.2) is 4.99 Å². The molecule has 6 rings (SSSR count). The Morgan fingerprint density at radius 2 is 1.73 bits per heavy atom. The summed E-state index contributed by atoms with van der Waals surface area (Å²) in [6, 6.07) is 6.21. The number of aryl methyl sites for hydroxylation is 1. The molecule has 0 N–H and O–H groups in total. The van der Waals surface area contributed by atoms with Gasteiger partial charge in [-0.15, -0.1) is 0 Å². The number of ether oxygens (including phenoxy) is 1. The summed E-state index contributed by atoms with van der Waals surface area (Å²) in [5, 5.41) is 0. The predicted octanol–water partition coefficient (Wildman–Crippen LogP) is 5.09. The summed E-state index contributed by atoms with van der Waals surface area (Å²) in [7, 11) is 0. The van der Waals surface area contributed by atoms with Gasteiger partial charge in [0.05, 0.1) is 5.71 Å². The van der Waals surface area contributed by atoms with Gasteiger partial charge >= 0.3 is 0 Å². The lowest BCUT2D eigenvalue weighted by Gasteiger charge is -2.56. The van der Waals surface area contributed by atoms with Crippen LogP contribution < -0.4 is 4.74 Å². The highest BCUT2D eigenvalue weighted by Crippen LogP contribution is 2.60. The van der Waals surface area contributed by atoms with Crippen molar-refractivity contribution >= 4 is 11.5 Å². The maximum atomic E-state index is 13.5. The molecule has 4 saturated carbocycles. The minimum Gasteiger partial charge on any atom is -0.466 e. The van der Waals surface area contributed by atoms with Gasteiger partial charge in [-0.2, -0.15) is 0 Å². The number of benzene rings is 1. The van der Waals surface area contributed by atoms with Crippen molar-refractivity contribution in [1.82, 2.24) is 0 Å². The van der Waals surface area contributed by atoms with E-state index in [-0.39, 0.29) is 5.41 Å². The highest BCUT2D eigenvalue weighted by atomic mass is 16.5. The van der Waals surface area contributed by atoms with Crippen LogP contribution in [-0.4, -0.2) is 17.2 Å². The third-order valence-corrected chi connectivity index (χ3v) is 7.17. The lowest BCUT2D eigenvalue weighted by molar-refractivity contribution is -0.142. The zero-order chi connectivity index (χ0) is 18.1. The van der Waals surface area contributed by atoms with Crippen molar-refractivity contribution in [2.75, 3.05) is 0 Å². The molecule has 1 aromatic carbocycles. The van der Waals surface area contributed by atoms with Gasteiger partial charge in [-0.1, -0.05) is 11.6 Å². The van der Waals surface area contributed by atoms with Crippen LogP contribution in [0.25, 0.3) is 0 Å². The maximum Gasteiger partial charge on any atom is 0.194 e. The molecular weight excluding hydrogens is 322 g/mol. The van der Waals surface area contributed by atoms with E-state index in [0.717, 1.165) is 54.0 Å². The molecule has 4 fully saturated rings. The van der Waals surface area contributed by atoms with Crippen molar-refractivity contribution in [1.29, 1.82) is 0 Å². The van der Waals surface area contributed by atoms with E-state index in [0.29, 0.717) is 12.2 Å². The van der Waals surface area contributed by atoms with Gasteiger partial charge in [0.2, 0.25) is 0 Å². The van der Waals surface area contributed by atoms with Crippen LogP contribution >= 0.6 is 0 Å². The van der Waals surface area contributed by atoms with Crippen molar-refractivity contribution in [3.63, 3.8) is 0 Å². The van der Waals surface area contributed by atoms with Gasteiger partial charge in [0.1, 0.15) is 11.5 Å². The van der Waals surface area contributed by atoms with Crippen LogP contribution in [0.3, 0.4) is 0 Å². The number of hydrogen-bond acceptors (Lipinski definition) is 3. The zero-order valence-corrected chi connectivity index (χ0v) is 16.2. The lowest BCUT2D eigenvalue weighted by atomic mass is 9.48. The van der Waals surface area contributed by atoms with Crippen molar-refractivity contribution < 1.29 is 9.53 Å². The maximum absolute atomic E-state index is 13.5. The average Bonchev–Trinajstić information content (AvgIpc) is 2.53. The topological polar surface area (TPSA) is 38.7 Å². The van der Waals surface area contributed by atoms with Crippen LogP contribution in [0.5, 0.6) is 5.75 Å². The SMILES string of the molecule is Cc1ccc2c(c1)C(CC(=O)C13CC4CC(CC(C4)C1)C3)=NC(C)(C)O2. The normalized spacial score (nSPS) is 36.3. The molecule has 138 valence electrons. The smallest absolute Gasteiger partial charge is 0.194 e. The van der Waals surface area contributed by atoms with Gasteiger partial charge in [0.25, 0.3) is 0 Å². The van der Waals surface area contributed by atoms with Gasteiger partial charge in [0.15, 0.2) is 5.72 Å². The van der Waals surface area contributed by atoms with Crippen LogP contribution in [0.4, 0.5) is 0 Å². The first kappa shape index (κ1) is 16.5. The second kappa shape index (κ2) is 5.43. The first-order valence-electron chi connectivity index (χ1n) is 10.2. The first-order chi connectivity index (χ1) is 12.3. The molecule has 3 heteroatoms. The molecule has 0 unspecified atom stereocenters. The Bertz CT molecular complexity index is 769. The van der Waals surface area contributed by atoms with Crippen molar-refractivity contribution in [2.45, 2.75) is 71.4 Å². The van der Waals surface area contributed by atoms with Crippen LogP contribution in [-0.2, 0) is 4.79 Å². The number of aliphatic imine (C=N–C) groups is 1. The Labute approximate surface area is 156 Å². The van der Waals surface area contributed by atoms with Crippen molar-refractivity contribution in [3.8, 4) is 5.75 Å². The molecule has 26 heavy (non-hydrogen) atoms. The number of ketones is 1. The predicted molar refractivity (Wildman–Crippen MR) is 103 cm³/mol. The number of carbonyl (C=O) groups is 1. The van der Waals surface area contributed by atoms with Gasteiger partial charge < -0.3 is 4.74 Å². The molecule has 0 atom stereocenters. The number of fused-ring (bicyclic) bond motifs is 1. The molecule has 0 radical (unpaired) electrons. The van der Waals surface area contributed by atoms with E-state index in [2.05, 4.69) is 19.1 Å². The molecule has 3 nitrogen and oxygen atoms in total. The molecule has 5 aliphatic rings. The molecule has 0 spiro atoms. The summed E-state index contributed by atoms with van der Waals surface area (Å²) in [4.78, 5) is 18.4. The molecule has 1 aliphatic heterocycles. The Balaban J connectivity index is 1.46. The molecule has 4 aliphatic carbocycles. The van der Waals surface area contributed by atoms with Crippen LogP contribution in [0.2, 0.25) is 0 Å². The fourth-order valence-electron chi connectivity index (χ4n) is 6.56. The van der Waals surface area contributed by atoms with Crippen molar-refractivity contribution in [2.24, 2.45) is 28.2 Å². The first-order valence-corrected chi connectivity index (χ1v) is 10.2. The van der Waals surface area contributed by atoms with Crippen LogP contribution in [0.15, 0.2) is 23.2 Å². The third-order valence-electron chi connectivity index (χ3n) is 7.17. The Morgan fingerprint density at radius 1 is 1.12 bits per heavy atom. The van der Waals surface area contributed by atoms with E-state index in [1.165, 1.54) is 24.8 Å². The van der Waals surface area contributed by atoms with E-state index >= 15 is 0 Å². The molecular formula is C23H29NO2. The van der Waals surface area contributed by atoms with Gasteiger partial charge in [0, 0.05) is 17.4 Å². The average molecular weight is 351 g/mol. The molecule has 0 amide bonds. The number of Topliss-reactive ketones (excluding diaryl/α,β-unsaturated/α-hetero) is 1. The summed E-state index contributed by atoms with van der Waals surface area (Å²) in [5.41, 5.74) is 2.48. The summed E-state index contributed by atoms with van der Waals surface area (Å²) in [6.07, 6.45) is 7.97. The summed E-state index contributed by atoms with van der Waals surface area (Å²) in [5.74, 6) is 3.71.